The van der Waals surface area contributed by atoms with Gasteiger partial charge in [-0.05, 0) is 29.8 Å². The van der Waals surface area contributed by atoms with Crippen molar-refractivity contribution in [1.82, 2.24) is 10.9 Å². The van der Waals surface area contributed by atoms with E-state index >= 15 is 0 Å². The van der Waals surface area contributed by atoms with Gasteiger partial charge in [0.1, 0.15) is 5.84 Å². The van der Waals surface area contributed by atoms with E-state index in [9.17, 15) is 4.79 Å². The summed E-state index contributed by atoms with van der Waals surface area (Å²) < 4.78 is 0. The van der Waals surface area contributed by atoms with Gasteiger partial charge in [-0.2, -0.15) is 0 Å². The number of carbonyl (C=O) groups is 1. The summed E-state index contributed by atoms with van der Waals surface area (Å²) >= 11 is 0. The molecule has 5 nitrogen and oxygen atoms in total. The van der Waals surface area contributed by atoms with Crippen molar-refractivity contribution >= 4 is 28.8 Å². The highest BCUT2D eigenvalue weighted by Crippen LogP contribution is 2.30. The number of fused-ring (bicyclic) bond motifs is 1. The number of hydrogen-bond acceptors (Lipinski definition) is 4. The van der Waals surface area contributed by atoms with E-state index in [4.69, 9.17) is 4.99 Å². The van der Waals surface area contributed by atoms with Crippen LogP contribution in [0.15, 0.2) is 94.9 Å². The Kier molecular flexibility index (Phi) is 4.74. The van der Waals surface area contributed by atoms with Gasteiger partial charge in [0.25, 0.3) is 5.91 Å². The maximum Gasteiger partial charge on any atom is 0.269 e. The molecule has 4 rings (SSSR count). The number of para-hydroxylation sites is 2. The topological polar surface area (TPSA) is 65.8 Å². The zero-order valence-electron chi connectivity index (χ0n) is 14.6. The third-order valence-electron chi connectivity index (χ3n) is 4.19. The zero-order chi connectivity index (χ0) is 18.5. The molecule has 3 aromatic rings. The van der Waals surface area contributed by atoms with Gasteiger partial charge in [0, 0.05) is 5.56 Å². The Morgan fingerprint density at radius 1 is 0.741 bits per heavy atom. The van der Waals surface area contributed by atoms with Gasteiger partial charge in [-0.25, -0.2) is 4.99 Å². The number of amidine groups is 1. The van der Waals surface area contributed by atoms with Crippen molar-refractivity contribution in [2.75, 3.05) is 0 Å². The lowest BCUT2D eigenvalue weighted by Crippen LogP contribution is -2.42. The number of hydrazine groups is 1. The number of benzene rings is 3. The van der Waals surface area contributed by atoms with E-state index in [1.165, 1.54) is 0 Å². The molecule has 1 amide bonds. The van der Waals surface area contributed by atoms with E-state index < -0.39 is 0 Å². The van der Waals surface area contributed by atoms with Gasteiger partial charge in [0.15, 0.2) is 0 Å². The number of carbonyl (C=O) groups excluding carboxylic acids is 1. The summed E-state index contributed by atoms with van der Waals surface area (Å²) in [6, 6.07) is 26.7. The Morgan fingerprint density at radius 2 is 1.33 bits per heavy atom. The average Bonchev–Trinajstić information content (AvgIpc) is 2.92. The van der Waals surface area contributed by atoms with Crippen LogP contribution < -0.4 is 10.9 Å². The van der Waals surface area contributed by atoms with Crippen LogP contribution in [0.3, 0.4) is 0 Å². The number of rotatable bonds is 2. The lowest BCUT2D eigenvalue weighted by molar-refractivity contribution is 0.0943. The predicted octanol–water partition coefficient (Wildman–Crippen LogP) is 4.18. The summed E-state index contributed by atoms with van der Waals surface area (Å²) in [5.74, 6) is 0.417. The van der Waals surface area contributed by atoms with Crippen LogP contribution in [-0.4, -0.2) is 17.5 Å². The molecule has 1 aliphatic rings. The van der Waals surface area contributed by atoms with E-state index in [-0.39, 0.29) is 5.91 Å². The van der Waals surface area contributed by atoms with E-state index in [0.717, 1.165) is 22.6 Å². The summed E-state index contributed by atoms with van der Waals surface area (Å²) in [7, 11) is 0. The maximum absolute atomic E-state index is 12.3. The smallest absolute Gasteiger partial charge is 0.269 e. The average molecular weight is 354 g/mol. The minimum atomic E-state index is -0.214. The zero-order valence-corrected chi connectivity index (χ0v) is 14.6. The summed E-state index contributed by atoms with van der Waals surface area (Å²) in [5, 5.41) is 0. The van der Waals surface area contributed by atoms with Crippen molar-refractivity contribution in [3.63, 3.8) is 0 Å². The molecule has 0 saturated heterocycles. The van der Waals surface area contributed by atoms with Crippen molar-refractivity contribution in [3.05, 3.63) is 96.1 Å². The normalized spacial score (nSPS) is 12.9. The first kappa shape index (κ1) is 16.7. The van der Waals surface area contributed by atoms with E-state index in [0.29, 0.717) is 17.8 Å². The largest absolute Gasteiger partial charge is 0.285 e. The minimum absolute atomic E-state index is 0.214. The van der Waals surface area contributed by atoms with Gasteiger partial charge in [-0.15, -0.1) is 0 Å². The molecule has 27 heavy (non-hydrogen) atoms. The lowest BCUT2D eigenvalue weighted by atomic mass is 10.1. The molecule has 0 atom stereocenters. The first-order valence-corrected chi connectivity index (χ1v) is 8.70. The molecule has 1 aliphatic heterocycles. The molecular weight excluding hydrogens is 336 g/mol. The third kappa shape index (κ3) is 3.93. The molecule has 0 unspecified atom stereocenters. The summed E-state index contributed by atoms with van der Waals surface area (Å²) in [6.45, 7) is 0. The fourth-order valence-corrected chi connectivity index (χ4v) is 2.84. The van der Waals surface area contributed by atoms with E-state index in [1.807, 2.05) is 72.8 Å². The number of amides is 1. The van der Waals surface area contributed by atoms with Crippen LogP contribution in [-0.2, 0) is 0 Å². The van der Waals surface area contributed by atoms with Crippen molar-refractivity contribution in [1.29, 1.82) is 0 Å². The highest BCUT2D eigenvalue weighted by atomic mass is 16.2. The number of nitrogens with zero attached hydrogens (tertiary/aromatic N) is 2. The van der Waals surface area contributed by atoms with Gasteiger partial charge >= 0.3 is 0 Å². The SMILES string of the molecule is O=C(NNC1=Nc2ccccc2N=C(c2ccccc2)C1)c1ccccc1. The number of hydrogen-bond donors (Lipinski definition) is 2. The van der Waals surface area contributed by atoms with Crippen molar-refractivity contribution in [2.24, 2.45) is 9.98 Å². The lowest BCUT2D eigenvalue weighted by Gasteiger charge is -2.11. The Bertz CT molecular complexity index is 1010. The van der Waals surface area contributed by atoms with Crippen molar-refractivity contribution in [3.8, 4) is 0 Å². The summed E-state index contributed by atoms with van der Waals surface area (Å²) in [6.07, 6.45) is 0.480. The standard InChI is InChI=1S/C22H18N4O/c27-22(17-11-5-2-6-12-17)26-25-21-15-20(16-9-3-1-4-10-16)23-18-13-7-8-14-19(18)24-21/h1-14H,15H2,(H,24,25)(H,26,27). The summed E-state index contributed by atoms with van der Waals surface area (Å²) in [5.41, 5.74) is 9.76. The van der Waals surface area contributed by atoms with Crippen LogP contribution in [0, 0.1) is 0 Å². The Labute approximate surface area is 157 Å². The van der Waals surface area contributed by atoms with Gasteiger partial charge in [0.05, 0.1) is 23.5 Å². The molecule has 0 spiro atoms. The predicted molar refractivity (Wildman–Crippen MR) is 108 cm³/mol. The molecule has 3 aromatic carbocycles. The van der Waals surface area contributed by atoms with Gasteiger partial charge in [-0.3, -0.25) is 20.6 Å². The minimum Gasteiger partial charge on any atom is -0.285 e. The quantitative estimate of drug-likeness (QED) is 0.678. The van der Waals surface area contributed by atoms with Gasteiger partial charge < -0.3 is 0 Å². The first-order chi connectivity index (χ1) is 13.3. The second kappa shape index (κ2) is 7.66. The van der Waals surface area contributed by atoms with Crippen LogP contribution >= 0.6 is 0 Å². The van der Waals surface area contributed by atoms with Gasteiger partial charge in [0.2, 0.25) is 0 Å². The van der Waals surface area contributed by atoms with Crippen LogP contribution in [0.5, 0.6) is 0 Å². The van der Waals surface area contributed by atoms with Crippen LogP contribution in [0.4, 0.5) is 11.4 Å². The highest BCUT2D eigenvalue weighted by Gasteiger charge is 2.15. The molecule has 0 aromatic heterocycles. The van der Waals surface area contributed by atoms with E-state index in [1.54, 1.807) is 12.1 Å². The van der Waals surface area contributed by atoms with Gasteiger partial charge in [-0.1, -0.05) is 60.7 Å². The second-order valence-electron chi connectivity index (χ2n) is 6.09. The molecule has 0 saturated carbocycles. The fraction of sp³-hybridized carbons (Fsp3) is 0.0455. The number of aliphatic imine (C=N–C) groups is 2. The molecule has 5 heteroatoms. The molecule has 1 heterocycles. The molecule has 0 bridgehead atoms. The van der Waals surface area contributed by atoms with Crippen molar-refractivity contribution < 1.29 is 4.79 Å². The van der Waals surface area contributed by atoms with E-state index in [2.05, 4.69) is 15.8 Å². The molecule has 0 fully saturated rings. The molecule has 2 N–H and O–H groups in total. The van der Waals surface area contributed by atoms with Crippen LogP contribution in [0.1, 0.15) is 22.3 Å². The van der Waals surface area contributed by atoms with Crippen LogP contribution in [0.2, 0.25) is 0 Å². The third-order valence-corrected chi connectivity index (χ3v) is 4.19. The molecule has 0 aliphatic carbocycles. The monoisotopic (exact) mass is 354 g/mol. The Hall–Kier alpha value is -3.73. The van der Waals surface area contributed by atoms with Crippen molar-refractivity contribution in [2.45, 2.75) is 6.42 Å². The Balaban J connectivity index is 1.60. The molecular formula is C22H18N4O. The molecule has 0 radical (unpaired) electrons. The fourth-order valence-electron chi connectivity index (χ4n) is 2.84. The highest BCUT2D eigenvalue weighted by molar-refractivity contribution is 6.15. The maximum atomic E-state index is 12.3. The number of nitrogens with one attached hydrogen (secondary N) is 2. The second-order valence-corrected chi connectivity index (χ2v) is 6.09. The Morgan fingerprint density at radius 3 is 2.04 bits per heavy atom. The molecule has 132 valence electrons. The van der Waals surface area contributed by atoms with Crippen LogP contribution in [0.25, 0.3) is 0 Å². The first-order valence-electron chi connectivity index (χ1n) is 8.70. The summed E-state index contributed by atoms with van der Waals surface area (Å²) in [4.78, 5) is 21.8.